The van der Waals surface area contributed by atoms with Crippen molar-refractivity contribution in [2.45, 2.75) is 12.7 Å². The molecular formula is C13H19F3IN3O2. The Balaban J connectivity index is 0.00000441. The predicted molar refractivity (Wildman–Crippen MR) is 89.2 cm³/mol. The zero-order valence-corrected chi connectivity index (χ0v) is 14.8. The van der Waals surface area contributed by atoms with E-state index in [1.165, 1.54) is 13.2 Å². The van der Waals surface area contributed by atoms with Gasteiger partial charge in [0.2, 0.25) is 0 Å². The number of hydrogen-bond donors (Lipinski definition) is 2. The minimum atomic E-state index is -4.38. The van der Waals surface area contributed by atoms with Gasteiger partial charge in [-0.3, -0.25) is 4.99 Å². The summed E-state index contributed by atoms with van der Waals surface area (Å²) in [5.41, 5.74) is 0.822. The van der Waals surface area contributed by atoms with Crippen LogP contribution in [0.1, 0.15) is 5.56 Å². The van der Waals surface area contributed by atoms with Gasteiger partial charge in [-0.15, -0.1) is 24.0 Å². The lowest BCUT2D eigenvalue weighted by Gasteiger charge is -2.14. The highest BCUT2D eigenvalue weighted by molar-refractivity contribution is 14.0. The molecule has 22 heavy (non-hydrogen) atoms. The van der Waals surface area contributed by atoms with E-state index in [4.69, 9.17) is 9.47 Å². The van der Waals surface area contributed by atoms with Crippen LogP contribution in [0.25, 0.3) is 0 Å². The van der Waals surface area contributed by atoms with Crippen LogP contribution in [0, 0.1) is 0 Å². The van der Waals surface area contributed by atoms with Crippen molar-refractivity contribution in [3.8, 4) is 11.5 Å². The third-order valence-corrected chi connectivity index (χ3v) is 2.54. The number of ether oxygens (including phenoxy) is 2. The van der Waals surface area contributed by atoms with Crippen molar-refractivity contribution in [3.63, 3.8) is 0 Å². The summed E-state index contributed by atoms with van der Waals surface area (Å²) in [5.74, 6) is 0.904. The van der Waals surface area contributed by atoms with Gasteiger partial charge in [0.05, 0.1) is 7.11 Å². The van der Waals surface area contributed by atoms with Crippen molar-refractivity contribution in [3.05, 3.63) is 23.8 Å². The molecule has 0 saturated carbocycles. The molecule has 0 aromatic heterocycles. The Morgan fingerprint density at radius 2 is 1.95 bits per heavy atom. The van der Waals surface area contributed by atoms with Gasteiger partial charge in [0.15, 0.2) is 24.1 Å². The monoisotopic (exact) mass is 433 g/mol. The predicted octanol–water partition coefficient (Wildman–Crippen LogP) is 2.55. The summed E-state index contributed by atoms with van der Waals surface area (Å²) in [4.78, 5) is 3.95. The lowest BCUT2D eigenvalue weighted by molar-refractivity contribution is -0.153. The quantitative estimate of drug-likeness (QED) is 0.426. The fourth-order valence-corrected chi connectivity index (χ4v) is 1.57. The molecule has 1 aromatic carbocycles. The first-order valence-corrected chi connectivity index (χ1v) is 6.14. The summed E-state index contributed by atoms with van der Waals surface area (Å²) in [5, 5.41) is 5.88. The molecule has 1 rings (SSSR count). The fourth-order valence-electron chi connectivity index (χ4n) is 1.57. The number of hydrogen-bond acceptors (Lipinski definition) is 3. The number of nitrogens with zero attached hydrogens (tertiary/aromatic N) is 1. The Hall–Kier alpha value is -1.39. The molecule has 0 spiro atoms. The van der Waals surface area contributed by atoms with E-state index in [1.54, 1.807) is 26.2 Å². The lowest BCUT2D eigenvalue weighted by atomic mass is 10.2. The van der Waals surface area contributed by atoms with Crippen molar-refractivity contribution < 1.29 is 22.6 Å². The molecule has 2 N–H and O–H groups in total. The van der Waals surface area contributed by atoms with Crippen LogP contribution in [-0.2, 0) is 6.54 Å². The molecule has 126 valence electrons. The molecule has 1 aromatic rings. The summed E-state index contributed by atoms with van der Waals surface area (Å²) in [6.07, 6.45) is -4.38. The molecule has 0 aliphatic carbocycles. The van der Waals surface area contributed by atoms with E-state index in [1.807, 2.05) is 0 Å². The number of nitrogens with one attached hydrogen (secondary N) is 2. The molecule has 0 atom stereocenters. The average Bonchev–Trinajstić information content (AvgIpc) is 2.45. The molecule has 0 amide bonds. The van der Waals surface area contributed by atoms with E-state index in [0.29, 0.717) is 12.5 Å². The number of methoxy groups -OCH3 is 1. The Kier molecular flexibility index (Phi) is 8.99. The van der Waals surface area contributed by atoms with Crippen LogP contribution in [0.4, 0.5) is 13.2 Å². The van der Waals surface area contributed by atoms with Crippen LogP contribution in [0.15, 0.2) is 23.2 Å². The normalized spacial score (nSPS) is 11.5. The van der Waals surface area contributed by atoms with E-state index in [0.717, 1.165) is 5.56 Å². The average molecular weight is 433 g/mol. The highest BCUT2D eigenvalue weighted by atomic mass is 127. The number of guanidine groups is 1. The van der Waals surface area contributed by atoms with E-state index in [-0.39, 0.29) is 35.5 Å². The van der Waals surface area contributed by atoms with E-state index in [9.17, 15) is 13.2 Å². The van der Waals surface area contributed by atoms with Crippen molar-refractivity contribution in [2.75, 3.05) is 27.8 Å². The van der Waals surface area contributed by atoms with Crippen LogP contribution in [-0.4, -0.2) is 39.9 Å². The number of benzene rings is 1. The van der Waals surface area contributed by atoms with Gasteiger partial charge in [0, 0.05) is 20.6 Å². The largest absolute Gasteiger partial charge is 0.493 e. The molecule has 0 aliphatic rings. The lowest BCUT2D eigenvalue weighted by Crippen LogP contribution is -2.34. The third kappa shape index (κ3) is 7.05. The summed E-state index contributed by atoms with van der Waals surface area (Å²) >= 11 is 0. The standard InChI is InChI=1S/C13H18F3N3O2.HI/c1-17-12(18-2)19-7-9-4-5-10(11(6-9)20-3)21-8-13(14,15)16;/h4-6H,7-8H2,1-3H3,(H2,17,18,19);1H. The molecule has 0 radical (unpaired) electrons. The van der Waals surface area contributed by atoms with Gasteiger partial charge in [-0.2, -0.15) is 13.2 Å². The second-order valence-corrected chi connectivity index (χ2v) is 4.06. The van der Waals surface area contributed by atoms with Crippen LogP contribution < -0.4 is 20.1 Å². The zero-order chi connectivity index (χ0) is 15.9. The summed E-state index contributed by atoms with van der Waals surface area (Å²) in [7, 11) is 4.73. The highest BCUT2D eigenvalue weighted by Gasteiger charge is 2.29. The first-order chi connectivity index (χ1) is 9.89. The number of aliphatic imine (C=N–C) groups is 1. The Labute approximate surface area is 144 Å². The maximum Gasteiger partial charge on any atom is 0.422 e. The molecule has 0 aliphatic heterocycles. The molecule has 0 saturated heterocycles. The van der Waals surface area contributed by atoms with Crippen molar-refractivity contribution >= 4 is 29.9 Å². The fraction of sp³-hybridized carbons (Fsp3) is 0.462. The van der Waals surface area contributed by atoms with Gasteiger partial charge >= 0.3 is 6.18 Å². The van der Waals surface area contributed by atoms with Gasteiger partial charge in [0.25, 0.3) is 0 Å². The number of alkyl halides is 3. The van der Waals surface area contributed by atoms with Crippen LogP contribution in [0.2, 0.25) is 0 Å². The smallest absolute Gasteiger partial charge is 0.422 e. The molecule has 0 unspecified atom stereocenters. The Morgan fingerprint density at radius 3 is 2.45 bits per heavy atom. The number of rotatable bonds is 5. The molecule has 0 bridgehead atoms. The van der Waals surface area contributed by atoms with Crippen molar-refractivity contribution in [1.29, 1.82) is 0 Å². The topological polar surface area (TPSA) is 54.9 Å². The van der Waals surface area contributed by atoms with Crippen LogP contribution in [0.5, 0.6) is 11.5 Å². The summed E-state index contributed by atoms with van der Waals surface area (Å²) < 4.78 is 46.2. The van der Waals surface area contributed by atoms with Crippen LogP contribution in [0.3, 0.4) is 0 Å². The van der Waals surface area contributed by atoms with E-state index >= 15 is 0 Å². The van der Waals surface area contributed by atoms with E-state index in [2.05, 4.69) is 15.6 Å². The first kappa shape index (κ1) is 20.6. The minimum absolute atomic E-state index is 0. The molecular weight excluding hydrogens is 414 g/mol. The molecule has 0 heterocycles. The van der Waals surface area contributed by atoms with Crippen molar-refractivity contribution in [2.24, 2.45) is 4.99 Å². The molecule has 0 fully saturated rings. The second-order valence-electron chi connectivity index (χ2n) is 4.06. The Morgan fingerprint density at radius 1 is 1.27 bits per heavy atom. The number of halogens is 4. The highest BCUT2D eigenvalue weighted by Crippen LogP contribution is 2.29. The summed E-state index contributed by atoms with van der Waals surface area (Å²) in [6.45, 7) is -0.906. The second kappa shape index (κ2) is 9.59. The van der Waals surface area contributed by atoms with Gasteiger partial charge in [-0.25, -0.2) is 0 Å². The molecule has 9 heteroatoms. The zero-order valence-electron chi connectivity index (χ0n) is 12.5. The first-order valence-electron chi connectivity index (χ1n) is 6.14. The van der Waals surface area contributed by atoms with Gasteiger partial charge in [0.1, 0.15) is 0 Å². The van der Waals surface area contributed by atoms with Gasteiger partial charge in [-0.05, 0) is 17.7 Å². The maximum atomic E-state index is 12.1. The van der Waals surface area contributed by atoms with Gasteiger partial charge < -0.3 is 20.1 Å². The summed E-state index contributed by atoms with van der Waals surface area (Å²) in [6, 6.07) is 4.72. The van der Waals surface area contributed by atoms with Crippen molar-refractivity contribution in [1.82, 2.24) is 10.6 Å². The molecule has 5 nitrogen and oxygen atoms in total. The Bertz CT molecular complexity index is 496. The van der Waals surface area contributed by atoms with Crippen LogP contribution >= 0.6 is 24.0 Å². The minimum Gasteiger partial charge on any atom is -0.493 e. The van der Waals surface area contributed by atoms with E-state index < -0.39 is 12.8 Å². The third-order valence-electron chi connectivity index (χ3n) is 2.54. The van der Waals surface area contributed by atoms with Gasteiger partial charge in [-0.1, -0.05) is 6.07 Å². The SMILES string of the molecule is CN=C(NC)NCc1ccc(OCC(F)(F)F)c(OC)c1.I. The maximum absolute atomic E-state index is 12.1.